The molecule has 7 nitrogen and oxygen atoms in total. The van der Waals surface area contributed by atoms with Gasteiger partial charge in [-0.25, -0.2) is 13.8 Å². The predicted octanol–water partition coefficient (Wildman–Crippen LogP) is 4.35. The van der Waals surface area contributed by atoms with Gasteiger partial charge in [0.1, 0.15) is 5.82 Å². The van der Waals surface area contributed by atoms with Crippen LogP contribution in [0.15, 0.2) is 72.8 Å². The van der Waals surface area contributed by atoms with Gasteiger partial charge in [0, 0.05) is 42.7 Å². The van der Waals surface area contributed by atoms with E-state index < -0.39 is 0 Å². The average Bonchev–Trinajstić information content (AvgIpc) is 3.34. The lowest BCUT2D eigenvalue weighted by atomic mass is 10.1. The Bertz CT molecular complexity index is 1550. The molecule has 3 aromatic carbocycles. The number of fused-ring (bicyclic) bond motifs is 3. The summed E-state index contributed by atoms with van der Waals surface area (Å²) in [4.78, 5) is 21.9. The molecule has 1 aliphatic heterocycles. The lowest BCUT2D eigenvalue weighted by molar-refractivity contribution is 0.0746. The highest BCUT2D eigenvalue weighted by atomic mass is 19.1. The van der Waals surface area contributed by atoms with Gasteiger partial charge in [0.2, 0.25) is 5.95 Å². The monoisotopic (exact) mass is 466 g/mol. The first-order valence-electron chi connectivity index (χ1n) is 11.6. The maximum Gasteiger partial charge on any atom is 0.253 e. The van der Waals surface area contributed by atoms with Crippen molar-refractivity contribution >= 4 is 28.4 Å². The molecule has 0 saturated carbocycles. The number of anilines is 1. The summed E-state index contributed by atoms with van der Waals surface area (Å²) >= 11 is 0. The Balaban J connectivity index is 1.39. The molecular formula is C27H23FN6O. The van der Waals surface area contributed by atoms with Crippen LogP contribution in [0.4, 0.5) is 10.3 Å². The van der Waals surface area contributed by atoms with Crippen LogP contribution in [0.3, 0.4) is 0 Å². The van der Waals surface area contributed by atoms with Gasteiger partial charge in [0.15, 0.2) is 11.5 Å². The summed E-state index contributed by atoms with van der Waals surface area (Å²) in [7, 11) is 0. The third-order valence-electron chi connectivity index (χ3n) is 6.56. The van der Waals surface area contributed by atoms with Crippen LogP contribution < -0.4 is 4.90 Å². The fourth-order valence-corrected chi connectivity index (χ4v) is 4.66. The van der Waals surface area contributed by atoms with E-state index in [0.29, 0.717) is 31.7 Å². The highest BCUT2D eigenvalue weighted by molar-refractivity contribution is 5.95. The van der Waals surface area contributed by atoms with E-state index in [1.165, 1.54) is 24.3 Å². The van der Waals surface area contributed by atoms with Crippen molar-refractivity contribution in [2.45, 2.75) is 6.92 Å². The van der Waals surface area contributed by atoms with E-state index in [1.807, 2.05) is 46.9 Å². The summed E-state index contributed by atoms with van der Waals surface area (Å²) in [5, 5.41) is 10.1. The number of hydrogen-bond donors (Lipinski definition) is 0. The number of piperazine rings is 1. The Hall–Kier alpha value is -4.33. The standard InChI is InChI=1S/C27H23FN6O/c1-18-6-2-3-7-21(18)24-30-31-25-22-8-4-5-9-23(22)29-27(34(24)25)33-16-14-32(15-17-33)26(35)19-10-12-20(28)13-11-19/h2-13H,14-17H2,1H3. The van der Waals surface area contributed by atoms with E-state index in [2.05, 4.69) is 28.1 Å². The second kappa shape index (κ2) is 8.47. The van der Waals surface area contributed by atoms with Crippen LogP contribution >= 0.6 is 0 Å². The molecule has 0 radical (unpaired) electrons. The van der Waals surface area contributed by atoms with Gasteiger partial charge in [-0.05, 0) is 48.9 Å². The van der Waals surface area contributed by atoms with E-state index in [-0.39, 0.29) is 11.7 Å². The number of carbonyl (C=O) groups excluding carboxylic acids is 1. The largest absolute Gasteiger partial charge is 0.338 e. The SMILES string of the molecule is Cc1ccccc1-c1nnc2c3ccccc3nc(N3CCN(C(=O)c4ccc(F)cc4)CC3)n12. The molecule has 2 aromatic heterocycles. The van der Waals surface area contributed by atoms with Gasteiger partial charge < -0.3 is 9.80 Å². The van der Waals surface area contributed by atoms with Gasteiger partial charge in [0.05, 0.1) is 5.52 Å². The summed E-state index contributed by atoms with van der Waals surface area (Å²) in [6.07, 6.45) is 0. The van der Waals surface area contributed by atoms with Crippen molar-refractivity contribution in [3.05, 3.63) is 89.7 Å². The molecule has 5 aromatic rings. The number of nitrogens with zero attached hydrogens (tertiary/aromatic N) is 6. The van der Waals surface area contributed by atoms with E-state index in [4.69, 9.17) is 4.98 Å². The maximum absolute atomic E-state index is 13.3. The van der Waals surface area contributed by atoms with Crippen molar-refractivity contribution < 1.29 is 9.18 Å². The van der Waals surface area contributed by atoms with Crippen LogP contribution in [0.25, 0.3) is 27.9 Å². The number of aryl methyl sites for hydroxylation is 1. The van der Waals surface area contributed by atoms with E-state index in [0.717, 1.165) is 39.4 Å². The molecule has 8 heteroatoms. The number of benzene rings is 3. The Morgan fingerprint density at radius 2 is 1.57 bits per heavy atom. The Morgan fingerprint density at radius 3 is 2.34 bits per heavy atom. The number of rotatable bonds is 3. The molecule has 1 amide bonds. The second-order valence-electron chi connectivity index (χ2n) is 8.71. The minimum atomic E-state index is -0.351. The molecule has 1 fully saturated rings. The van der Waals surface area contributed by atoms with E-state index in [9.17, 15) is 9.18 Å². The van der Waals surface area contributed by atoms with Crippen molar-refractivity contribution in [2.24, 2.45) is 0 Å². The minimum Gasteiger partial charge on any atom is -0.338 e. The summed E-state index contributed by atoms with van der Waals surface area (Å²) in [6, 6.07) is 21.7. The van der Waals surface area contributed by atoms with Crippen LogP contribution in [0.5, 0.6) is 0 Å². The number of amides is 1. The molecule has 174 valence electrons. The predicted molar refractivity (Wildman–Crippen MR) is 133 cm³/mol. The smallest absolute Gasteiger partial charge is 0.253 e. The first-order chi connectivity index (χ1) is 17.1. The summed E-state index contributed by atoms with van der Waals surface area (Å²) < 4.78 is 15.3. The van der Waals surface area contributed by atoms with Crippen LogP contribution in [-0.4, -0.2) is 56.6 Å². The number of hydrogen-bond acceptors (Lipinski definition) is 5. The number of para-hydroxylation sites is 1. The molecule has 0 N–H and O–H groups in total. The fraction of sp³-hybridized carbons (Fsp3) is 0.185. The Labute approximate surface area is 201 Å². The number of halogens is 1. The van der Waals surface area contributed by atoms with E-state index >= 15 is 0 Å². The quantitative estimate of drug-likeness (QED) is 0.395. The zero-order valence-corrected chi connectivity index (χ0v) is 19.2. The minimum absolute atomic E-state index is 0.0915. The van der Waals surface area contributed by atoms with Crippen molar-refractivity contribution in [2.75, 3.05) is 31.1 Å². The number of aromatic nitrogens is 4. The van der Waals surface area contributed by atoms with Gasteiger partial charge in [-0.15, -0.1) is 10.2 Å². The fourth-order valence-electron chi connectivity index (χ4n) is 4.66. The highest BCUT2D eigenvalue weighted by Gasteiger charge is 2.26. The van der Waals surface area contributed by atoms with Gasteiger partial charge in [-0.1, -0.05) is 36.4 Å². The topological polar surface area (TPSA) is 66.6 Å². The molecule has 6 rings (SSSR count). The van der Waals surface area contributed by atoms with Crippen molar-refractivity contribution in [1.82, 2.24) is 24.5 Å². The van der Waals surface area contributed by atoms with Gasteiger partial charge in [0.25, 0.3) is 5.91 Å². The summed E-state index contributed by atoms with van der Waals surface area (Å²) in [5.41, 5.74) is 4.21. The Morgan fingerprint density at radius 1 is 0.857 bits per heavy atom. The average molecular weight is 467 g/mol. The molecular weight excluding hydrogens is 443 g/mol. The first kappa shape index (κ1) is 21.2. The molecule has 35 heavy (non-hydrogen) atoms. The van der Waals surface area contributed by atoms with Crippen LogP contribution in [-0.2, 0) is 0 Å². The van der Waals surface area contributed by atoms with E-state index in [1.54, 1.807) is 4.90 Å². The third kappa shape index (κ3) is 3.67. The van der Waals surface area contributed by atoms with Gasteiger partial charge in [-0.2, -0.15) is 0 Å². The van der Waals surface area contributed by atoms with Crippen molar-refractivity contribution in [3.8, 4) is 11.4 Å². The summed E-state index contributed by atoms with van der Waals surface area (Å²) in [5.74, 6) is 1.06. The van der Waals surface area contributed by atoms with Crippen LogP contribution in [0.1, 0.15) is 15.9 Å². The normalized spacial score (nSPS) is 14.1. The summed E-state index contributed by atoms with van der Waals surface area (Å²) in [6.45, 7) is 4.35. The first-order valence-corrected chi connectivity index (χ1v) is 11.6. The lowest BCUT2D eigenvalue weighted by Crippen LogP contribution is -2.49. The maximum atomic E-state index is 13.3. The second-order valence-corrected chi connectivity index (χ2v) is 8.71. The van der Waals surface area contributed by atoms with Crippen LogP contribution in [0, 0.1) is 12.7 Å². The van der Waals surface area contributed by atoms with Gasteiger partial charge in [-0.3, -0.25) is 4.79 Å². The molecule has 0 spiro atoms. The molecule has 1 saturated heterocycles. The van der Waals surface area contributed by atoms with Crippen molar-refractivity contribution in [1.29, 1.82) is 0 Å². The third-order valence-corrected chi connectivity index (χ3v) is 6.56. The number of carbonyl (C=O) groups is 1. The Kier molecular flexibility index (Phi) is 5.13. The zero-order chi connectivity index (χ0) is 23.9. The van der Waals surface area contributed by atoms with Crippen LogP contribution in [0.2, 0.25) is 0 Å². The molecule has 0 atom stereocenters. The lowest BCUT2D eigenvalue weighted by Gasteiger charge is -2.35. The molecule has 0 aliphatic carbocycles. The van der Waals surface area contributed by atoms with Gasteiger partial charge >= 0.3 is 0 Å². The molecule has 1 aliphatic rings. The molecule has 3 heterocycles. The van der Waals surface area contributed by atoms with Crippen molar-refractivity contribution in [3.63, 3.8) is 0 Å². The molecule has 0 bridgehead atoms. The highest BCUT2D eigenvalue weighted by Crippen LogP contribution is 2.30. The zero-order valence-electron chi connectivity index (χ0n) is 19.2. The molecule has 0 unspecified atom stereocenters.